The summed E-state index contributed by atoms with van der Waals surface area (Å²) in [4.78, 5) is 23.5. The van der Waals surface area contributed by atoms with Crippen LogP contribution in [0.5, 0.6) is 0 Å². The Kier molecular flexibility index (Phi) is 5.31. The molecule has 0 fully saturated rings. The van der Waals surface area contributed by atoms with Gasteiger partial charge in [-0.15, -0.1) is 0 Å². The van der Waals surface area contributed by atoms with Crippen molar-refractivity contribution in [2.24, 2.45) is 0 Å². The zero-order valence-corrected chi connectivity index (χ0v) is 10.9. The zero-order chi connectivity index (χ0) is 12.8. The van der Waals surface area contributed by atoms with E-state index in [1.165, 1.54) is 14.2 Å². The summed E-state index contributed by atoms with van der Waals surface area (Å²) in [5.74, 6) is -1.33. The first-order chi connectivity index (χ1) is 8.10. The molecule has 0 bridgehead atoms. The Morgan fingerprint density at radius 1 is 1.18 bits per heavy atom. The third-order valence-electron chi connectivity index (χ3n) is 1.91. The molecular weight excluding hydrogens is 264 g/mol. The molecule has 0 saturated carbocycles. The van der Waals surface area contributed by atoms with E-state index in [0.717, 1.165) is 11.8 Å². The molecule has 0 spiro atoms. The normalized spacial score (nSPS) is 10.1. The maximum atomic E-state index is 11.4. The molecule has 1 aromatic carbocycles. The quantitative estimate of drug-likeness (QED) is 0.478. The molecule has 4 nitrogen and oxygen atoms in total. The number of hydrogen-bond donors (Lipinski definition) is 0. The number of carbonyl (C=O) groups is 2. The molecule has 0 saturated heterocycles. The molecule has 0 amide bonds. The van der Waals surface area contributed by atoms with Gasteiger partial charge >= 0.3 is 11.9 Å². The SMILES string of the molecule is COC(=O)C(Sc1ccccc1Cl)C(=O)OC. The van der Waals surface area contributed by atoms with Crippen LogP contribution in [-0.4, -0.2) is 31.4 Å². The maximum Gasteiger partial charge on any atom is 0.330 e. The second kappa shape index (κ2) is 6.51. The Bertz CT molecular complexity index is 406. The van der Waals surface area contributed by atoms with Crippen molar-refractivity contribution >= 4 is 35.3 Å². The van der Waals surface area contributed by atoms with Crippen LogP contribution in [0, 0.1) is 0 Å². The average molecular weight is 275 g/mol. The predicted octanol–water partition coefficient (Wildman–Crippen LogP) is 2.15. The van der Waals surface area contributed by atoms with Crippen molar-refractivity contribution in [2.75, 3.05) is 14.2 Å². The third-order valence-corrected chi connectivity index (χ3v) is 3.58. The van der Waals surface area contributed by atoms with Crippen molar-refractivity contribution in [3.05, 3.63) is 29.3 Å². The fourth-order valence-corrected chi connectivity index (χ4v) is 2.32. The summed E-state index contributed by atoms with van der Waals surface area (Å²) in [6.45, 7) is 0. The van der Waals surface area contributed by atoms with E-state index in [4.69, 9.17) is 11.6 Å². The molecule has 1 aromatic rings. The van der Waals surface area contributed by atoms with E-state index < -0.39 is 17.2 Å². The lowest BCUT2D eigenvalue weighted by atomic mass is 10.4. The van der Waals surface area contributed by atoms with Crippen LogP contribution < -0.4 is 0 Å². The average Bonchev–Trinajstić information content (AvgIpc) is 2.36. The zero-order valence-electron chi connectivity index (χ0n) is 9.31. The lowest BCUT2D eigenvalue weighted by molar-refractivity contribution is -0.150. The lowest BCUT2D eigenvalue weighted by Crippen LogP contribution is -2.29. The van der Waals surface area contributed by atoms with Gasteiger partial charge in [0.05, 0.1) is 19.2 Å². The minimum absolute atomic E-state index is 0.468. The van der Waals surface area contributed by atoms with Gasteiger partial charge in [0.1, 0.15) is 0 Å². The standard InChI is InChI=1S/C11H11ClO4S/c1-15-10(13)9(11(14)16-2)17-8-6-4-3-5-7(8)12/h3-6,9H,1-2H3. The largest absolute Gasteiger partial charge is 0.468 e. The van der Waals surface area contributed by atoms with Crippen molar-refractivity contribution in [1.82, 2.24) is 0 Å². The van der Waals surface area contributed by atoms with Gasteiger partial charge in [-0.3, -0.25) is 9.59 Å². The van der Waals surface area contributed by atoms with Crippen LogP contribution in [-0.2, 0) is 19.1 Å². The minimum Gasteiger partial charge on any atom is -0.468 e. The summed E-state index contributed by atoms with van der Waals surface area (Å²) in [7, 11) is 2.43. The van der Waals surface area contributed by atoms with E-state index in [-0.39, 0.29) is 0 Å². The first kappa shape index (κ1) is 13.9. The lowest BCUT2D eigenvalue weighted by Gasteiger charge is -2.12. The van der Waals surface area contributed by atoms with Gasteiger partial charge in [0.15, 0.2) is 0 Å². The summed E-state index contributed by atoms with van der Waals surface area (Å²) in [6.07, 6.45) is 0. The Hall–Kier alpha value is -1.20. The van der Waals surface area contributed by atoms with Gasteiger partial charge in [-0.25, -0.2) is 0 Å². The van der Waals surface area contributed by atoms with Crippen molar-refractivity contribution in [3.63, 3.8) is 0 Å². The van der Waals surface area contributed by atoms with E-state index in [1.54, 1.807) is 24.3 Å². The van der Waals surface area contributed by atoms with Crippen LogP contribution in [0.25, 0.3) is 0 Å². The van der Waals surface area contributed by atoms with Crippen molar-refractivity contribution < 1.29 is 19.1 Å². The van der Waals surface area contributed by atoms with Crippen molar-refractivity contribution in [3.8, 4) is 0 Å². The van der Waals surface area contributed by atoms with Gasteiger partial charge in [0.25, 0.3) is 0 Å². The third kappa shape index (κ3) is 3.64. The number of esters is 2. The Balaban J connectivity index is 2.91. The Morgan fingerprint density at radius 2 is 1.71 bits per heavy atom. The molecule has 6 heteroatoms. The number of halogens is 1. The number of benzene rings is 1. The number of thioether (sulfide) groups is 1. The highest BCUT2D eigenvalue weighted by Crippen LogP contribution is 2.31. The number of methoxy groups -OCH3 is 2. The van der Waals surface area contributed by atoms with Gasteiger partial charge in [0.2, 0.25) is 5.25 Å². The molecule has 92 valence electrons. The highest BCUT2D eigenvalue weighted by atomic mass is 35.5. The molecule has 0 aromatic heterocycles. The predicted molar refractivity (Wildman–Crippen MR) is 65.1 cm³/mol. The van der Waals surface area contributed by atoms with Crippen LogP contribution in [0.4, 0.5) is 0 Å². The monoisotopic (exact) mass is 274 g/mol. The molecule has 1 rings (SSSR count). The summed E-state index contributed by atoms with van der Waals surface area (Å²) in [5.41, 5.74) is 0. The fraction of sp³-hybridized carbons (Fsp3) is 0.273. The van der Waals surface area contributed by atoms with Crippen LogP contribution in [0.3, 0.4) is 0 Å². The van der Waals surface area contributed by atoms with Crippen LogP contribution in [0.1, 0.15) is 0 Å². The molecule has 0 aliphatic carbocycles. The summed E-state index contributed by atoms with van der Waals surface area (Å²) < 4.78 is 9.09. The first-order valence-corrected chi connectivity index (χ1v) is 5.92. The topological polar surface area (TPSA) is 52.6 Å². The highest BCUT2D eigenvalue weighted by molar-refractivity contribution is 8.01. The molecule has 17 heavy (non-hydrogen) atoms. The Morgan fingerprint density at radius 3 is 2.18 bits per heavy atom. The number of ether oxygens (including phenoxy) is 2. The summed E-state index contributed by atoms with van der Waals surface area (Å²) in [6, 6.07) is 6.92. The smallest absolute Gasteiger partial charge is 0.330 e. The van der Waals surface area contributed by atoms with Crippen molar-refractivity contribution in [2.45, 2.75) is 10.1 Å². The molecule has 0 N–H and O–H groups in total. The molecule has 0 aliphatic rings. The number of hydrogen-bond acceptors (Lipinski definition) is 5. The second-order valence-corrected chi connectivity index (χ2v) is 4.53. The molecular formula is C11H11ClO4S. The van der Waals surface area contributed by atoms with E-state index >= 15 is 0 Å². The van der Waals surface area contributed by atoms with E-state index in [0.29, 0.717) is 9.92 Å². The van der Waals surface area contributed by atoms with Crippen LogP contribution in [0.2, 0.25) is 5.02 Å². The highest BCUT2D eigenvalue weighted by Gasteiger charge is 2.30. The van der Waals surface area contributed by atoms with Gasteiger partial charge in [-0.2, -0.15) is 0 Å². The molecule has 0 atom stereocenters. The van der Waals surface area contributed by atoms with Crippen LogP contribution >= 0.6 is 23.4 Å². The maximum absolute atomic E-state index is 11.4. The molecule has 0 unspecified atom stereocenters. The minimum atomic E-state index is -1.06. The summed E-state index contributed by atoms with van der Waals surface area (Å²) in [5, 5.41) is -0.597. The summed E-state index contributed by atoms with van der Waals surface area (Å²) >= 11 is 6.94. The van der Waals surface area contributed by atoms with Gasteiger partial charge in [-0.05, 0) is 12.1 Å². The number of carbonyl (C=O) groups excluding carboxylic acids is 2. The second-order valence-electron chi connectivity index (χ2n) is 2.97. The fourth-order valence-electron chi connectivity index (χ4n) is 1.07. The van der Waals surface area contributed by atoms with Gasteiger partial charge in [-0.1, -0.05) is 35.5 Å². The van der Waals surface area contributed by atoms with Gasteiger partial charge < -0.3 is 9.47 Å². The Labute approximate surface area is 108 Å². The van der Waals surface area contributed by atoms with E-state index in [1.807, 2.05) is 0 Å². The van der Waals surface area contributed by atoms with Crippen LogP contribution in [0.15, 0.2) is 29.2 Å². The van der Waals surface area contributed by atoms with E-state index in [2.05, 4.69) is 9.47 Å². The molecule has 0 heterocycles. The molecule has 0 aliphatic heterocycles. The van der Waals surface area contributed by atoms with Crippen molar-refractivity contribution in [1.29, 1.82) is 0 Å². The van der Waals surface area contributed by atoms with E-state index in [9.17, 15) is 9.59 Å². The van der Waals surface area contributed by atoms with Gasteiger partial charge in [0, 0.05) is 4.90 Å². The first-order valence-electron chi connectivity index (χ1n) is 4.67. The molecule has 0 radical (unpaired) electrons. The number of rotatable bonds is 4.